The van der Waals surface area contributed by atoms with Crippen molar-refractivity contribution in [2.45, 2.75) is 50.3 Å². The Balaban J connectivity index is 1.65. The first-order chi connectivity index (χ1) is 14.7. The number of nitrogens with one attached hydrogen (secondary N) is 1. The van der Waals surface area contributed by atoms with Gasteiger partial charge < -0.3 is 15.3 Å². The summed E-state index contributed by atoms with van der Waals surface area (Å²) in [5, 5.41) is 14.7. The average molecular weight is 406 g/mol. The molecule has 1 saturated carbocycles. The third kappa shape index (κ3) is 3.48. The normalized spacial score (nSPS) is 22.4. The van der Waals surface area contributed by atoms with Crippen molar-refractivity contribution in [2.24, 2.45) is 0 Å². The fourth-order valence-corrected chi connectivity index (χ4v) is 4.83. The van der Waals surface area contributed by atoms with E-state index in [1.165, 1.54) is 0 Å². The van der Waals surface area contributed by atoms with Gasteiger partial charge in [-0.15, -0.1) is 0 Å². The van der Waals surface area contributed by atoms with E-state index >= 15 is 0 Å². The monoisotopic (exact) mass is 405 g/mol. The Morgan fingerprint density at radius 1 is 1.03 bits per heavy atom. The molecule has 3 aromatic rings. The summed E-state index contributed by atoms with van der Waals surface area (Å²) >= 11 is 0. The lowest BCUT2D eigenvalue weighted by atomic mass is 10.0. The Bertz CT molecular complexity index is 1080. The summed E-state index contributed by atoms with van der Waals surface area (Å²) in [4.78, 5) is 24.6. The van der Waals surface area contributed by atoms with Crippen molar-refractivity contribution in [3.05, 3.63) is 59.0 Å². The van der Waals surface area contributed by atoms with Gasteiger partial charge in [-0.3, -0.25) is 9.36 Å². The first kappa shape index (κ1) is 19.2. The first-order valence-electron chi connectivity index (χ1n) is 10.8. The molecule has 2 unspecified atom stereocenters. The number of fused-ring (bicyclic) bond motifs is 1. The smallest absolute Gasteiger partial charge is 0.252 e. The maximum Gasteiger partial charge on any atom is 0.252 e. The van der Waals surface area contributed by atoms with E-state index in [9.17, 15) is 9.90 Å². The highest BCUT2D eigenvalue weighted by molar-refractivity contribution is 5.76. The van der Waals surface area contributed by atoms with Crippen LogP contribution in [0.25, 0.3) is 11.0 Å². The van der Waals surface area contributed by atoms with E-state index in [1.54, 1.807) is 22.9 Å². The van der Waals surface area contributed by atoms with Crippen molar-refractivity contribution < 1.29 is 5.11 Å². The Hall–Kier alpha value is -2.77. The molecule has 7 nitrogen and oxygen atoms in total. The van der Waals surface area contributed by atoms with Crippen molar-refractivity contribution >= 4 is 22.7 Å². The molecule has 0 amide bonds. The fourth-order valence-electron chi connectivity index (χ4n) is 4.83. The predicted octanol–water partition coefficient (Wildman–Crippen LogP) is 2.77. The fraction of sp³-hybridized carbons (Fsp3) is 0.435. The highest BCUT2D eigenvalue weighted by Gasteiger charge is 2.30. The summed E-state index contributed by atoms with van der Waals surface area (Å²) in [5.41, 5.74) is 1.54. The maximum atomic E-state index is 12.8. The van der Waals surface area contributed by atoms with Crippen molar-refractivity contribution in [1.82, 2.24) is 19.9 Å². The second-order valence-electron chi connectivity index (χ2n) is 8.24. The van der Waals surface area contributed by atoms with Crippen LogP contribution in [0.1, 0.15) is 38.1 Å². The van der Waals surface area contributed by atoms with E-state index in [0.717, 1.165) is 56.3 Å². The summed E-state index contributed by atoms with van der Waals surface area (Å²) in [6, 6.07) is 13.6. The minimum Gasteiger partial charge on any atom is -0.391 e. The summed E-state index contributed by atoms with van der Waals surface area (Å²) in [5.74, 6) is 0.604. The van der Waals surface area contributed by atoms with Crippen LogP contribution in [0.15, 0.2) is 53.5 Å². The second kappa shape index (κ2) is 8.16. The third-order valence-corrected chi connectivity index (χ3v) is 6.35. The zero-order valence-corrected chi connectivity index (χ0v) is 16.9. The predicted molar refractivity (Wildman–Crippen MR) is 117 cm³/mol. The van der Waals surface area contributed by atoms with Crippen molar-refractivity contribution in [3.8, 4) is 0 Å². The highest BCUT2D eigenvalue weighted by atomic mass is 16.3. The molecular weight excluding hydrogens is 378 g/mol. The molecule has 3 heterocycles. The SMILES string of the molecule is O=c1ccc2cnc(N(c3ccccc3)C3CCNCC3)nc2n1C1CCCC1O. The minimum atomic E-state index is -0.513. The molecule has 1 saturated heterocycles. The Labute approximate surface area is 175 Å². The van der Waals surface area contributed by atoms with Gasteiger partial charge in [0.05, 0.1) is 12.1 Å². The van der Waals surface area contributed by atoms with Gasteiger partial charge in [0.1, 0.15) is 5.65 Å². The number of aromatic nitrogens is 3. The van der Waals surface area contributed by atoms with E-state index in [1.807, 2.05) is 18.2 Å². The maximum absolute atomic E-state index is 12.8. The van der Waals surface area contributed by atoms with Crippen molar-refractivity contribution in [3.63, 3.8) is 0 Å². The van der Waals surface area contributed by atoms with Gasteiger partial charge in [-0.25, -0.2) is 4.98 Å². The molecule has 0 bridgehead atoms. The molecule has 156 valence electrons. The molecule has 1 aromatic carbocycles. The van der Waals surface area contributed by atoms with Crippen LogP contribution in [-0.2, 0) is 0 Å². The molecule has 2 fully saturated rings. The number of para-hydroxylation sites is 1. The number of hydrogen-bond donors (Lipinski definition) is 2. The molecule has 30 heavy (non-hydrogen) atoms. The van der Waals surface area contributed by atoms with Crippen molar-refractivity contribution in [2.75, 3.05) is 18.0 Å². The van der Waals surface area contributed by atoms with Gasteiger partial charge in [0.2, 0.25) is 5.95 Å². The lowest BCUT2D eigenvalue weighted by Gasteiger charge is -2.35. The van der Waals surface area contributed by atoms with Gasteiger partial charge in [0, 0.05) is 29.4 Å². The third-order valence-electron chi connectivity index (χ3n) is 6.35. The van der Waals surface area contributed by atoms with Gasteiger partial charge in [-0.2, -0.15) is 4.98 Å². The zero-order chi connectivity index (χ0) is 20.5. The zero-order valence-electron chi connectivity index (χ0n) is 16.9. The minimum absolute atomic E-state index is 0.119. The number of pyridine rings is 1. The van der Waals surface area contributed by atoms with Crippen LogP contribution in [0.5, 0.6) is 0 Å². The average Bonchev–Trinajstić information content (AvgIpc) is 3.20. The highest BCUT2D eigenvalue weighted by Crippen LogP contribution is 2.33. The van der Waals surface area contributed by atoms with Crippen LogP contribution in [-0.4, -0.2) is 44.9 Å². The van der Waals surface area contributed by atoms with Gasteiger partial charge in [-0.05, 0) is 63.4 Å². The van der Waals surface area contributed by atoms with E-state index in [2.05, 4.69) is 22.3 Å². The van der Waals surface area contributed by atoms with Crippen LogP contribution >= 0.6 is 0 Å². The summed E-state index contributed by atoms with van der Waals surface area (Å²) in [7, 11) is 0. The lowest BCUT2D eigenvalue weighted by Crippen LogP contribution is -2.41. The molecule has 2 atom stereocenters. The van der Waals surface area contributed by atoms with Crippen molar-refractivity contribution in [1.29, 1.82) is 0 Å². The molecule has 5 rings (SSSR count). The molecule has 0 spiro atoms. The molecule has 0 radical (unpaired) electrons. The molecule has 2 N–H and O–H groups in total. The van der Waals surface area contributed by atoms with Crippen LogP contribution in [0, 0.1) is 0 Å². The topological polar surface area (TPSA) is 83.3 Å². The Kier molecular flexibility index (Phi) is 5.23. The van der Waals surface area contributed by atoms with E-state index in [-0.39, 0.29) is 17.6 Å². The number of piperidine rings is 1. The molecule has 2 aromatic heterocycles. The number of benzene rings is 1. The number of aliphatic hydroxyl groups excluding tert-OH is 1. The Morgan fingerprint density at radius 2 is 1.83 bits per heavy atom. The largest absolute Gasteiger partial charge is 0.391 e. The molecule has 1 aliphatic carbocycles. The lowest BCUT2D eigenvalue weighted by molar-refractivity contribution is 0.136. The molecule has 7 heteroatoms. The molecule has 1 aliphatic heterocycles. The summed E-state index contributed by atoms with van der Waals surface area (Å²) in [6.45, 7) is 1.92. The van der Waals surface area contributed by atoms with Gasteiger partial charge >= 0.3 is 0 Å². The van der Waals surface area contributed by atoms with Crippen LogP contribution in [0.3, 0.4) is 0 Å². The van der Waals surface area contributed by atoms with Gasteiger partial charge in [0.15, 0.2) is 0 Å². The summed E-state index contributed by atoms with van der Waals surface area (Å²) < 4.78 is 1.68. The number of nitrogens with zero attached hydrogens (tertiary/aromatic N) is 4. The van der Waals surface area contributed by atoms with Gasteiger partial charge in [-0.1, -0.05) is 18.2 Å². The van der Waals surface area contributed by atoms with Crippen LogP contribution < -0.4 is 15.8 Å². The van der Waals surface area contributed by atoms with E-state index in [0.29, 0.717) is 11.6 Å². The number of aliphatic hydroxyl groups is 1. The van der Waals surface area contributed by atoms with E-state index in [4.69, 9.17) is 9.97 Å². The standard InChI is InChI=1S/C23H27N5O2/c29-20-8-4-7-19(20)28-21(30)10-9-16-15-25-23(26-22(16)28)27(17-5-2-1-3-6-17)18-11-13-24-14-12-18/h1-3,5-6,9-10,15,18-20,24,29H,4,7-8,11-14H2. The van der Waals surface area contributed by atoms with Gasteiger partial charge in [0.25, 0.3) is 5.56 Å². The second-order valence-corrected chi connectivity index (χ2v) is 8.24. The number of hydrogen-bond acceptors (Lipinski definition) is 6. The Morgan fingerprint density at radius 3 is 2.57 bits per heavy atom. The van der Waals surface area contributed by atoms with E-state index < -0.39 is 6.10 Å². The number of rotatable bonds is 4. The summed E-state index contributed by atoms with van der Waals surface area (Å²) in [6.07, 6.45) is 5.70. The molecular formula is C23H27N5O2. The quantitative estimate of drug-likeness (QED) is 0.695. The molecule has 2 aliphatic rings. The van der Waals surface area contributed by atoms with Crippen LogP contribution in [0.4, 0.5) is 11.6 Å². The first-order valence-corrected chi connectivity index (χ1v) is 10.8. The number of anilines is 2. The van der Waals surface area contributed by atoms with Crippen LogP contribution in [0.2, 0.25) is 0 Å².